The number of hydrogen-bond acceptors (Lipinski definition) is 3. The molecule has 0 aliphatic heterocycles. The maximum absolute atomic E-state index is 14.2. The first-order valence-electron chi connectivity index (χ1n) is 8.40. The molecule has 1 aromatic heterocycles. The molecule has 3 rings (SSSR count). The van der Waals surface area contributed by atoms with Gasteiger partial charge in [-0.25, -0.2) is 18.3 Å². The summed E-state index contributed by atoms with van der Waals surface area (Å²) in [4.78, 5) is 23.9. The number of fused-ring (bicyclic) bond motifs is 1. The largest absolute Gasteiger partial charge is 0.480 e. The minimum absolute atomic E-state index is 0.0630. The number of benzene rings is 1. The van der Waals surface area contributed by atoms with Crippen LogP contribution in [0.15, 0.2) is 18.2 Å². The van der Waals surface area contributed by atoms with Crippen LogP contribution in [0.2, 0.25) is 0 Å². The Hall–Kier alpha value is -2.77. The molecular weight excluding hydrogens is 344 g/mol. The van der Waals surface area contributed by atoms with E-state index >= 15 is 0 Å². The number of aliphatic carboxylic acids is 1. The smallest absolute Gasteiger partial charge is 0.326 e. The molecule has 0 bridgehead atoms. The molecule has 26 heavy (non-hydrogen) atoms. The minimum atomic E-state index is -1.14. The Morgan fingerprint density at radius 3 is 2.65 bits per heavy atom. The fraction of sp³-hybridized carbons (Fsp3) is 0.389. The SMILES string of the molecule is CC(C)[C@H](NC(=O)c1nn(-c2cccc(F)c2F)c2c1CCC2)C(=O)O. The van der Waals surface area contributed by atoms with E-state index in [0.29, 0.717) is 24.1 Å². The van der Waals surface area contributed by atoms with Gasteiger partial charge in [-0.05, 0) is 37.3 Å². The zero-order valence-corrected chi connectivity index (χ0v) is 14.4. The molecule has 138 valence electrons. The summed E-state index contributed by atoms with van der Waals surface area (Å²) in [6, 6.07) is 2.71. The predicted octanol–water partition coefficient (Wildman–Crippen LogP) is 2.48. The molecular formula is C18H19F2N3O3. The van der Waals surface area contributed by atoms with Gasteiger partial charge >= 0.3 is 5.97 Å². The summed E-state index contributed by atoms with van der Waals surface area (Å²) >= 11 is 0. The van der Waals surface area contributed by atoms with E-state index < -0.39 is 29.6 Å². The van der Waals surface area contributed by atoms with Crippen molar-refractivity contribution in [2.24, 2.45) is 5.92 Å². The Balaban J connectivity index is 2.01. The van der Waals surface area contributed by atoms with Crippen molar-refractivity contribution in [1.29, 1.82) is 0 Å². The number of nitrogens with one attached hydrogen (secondary N) is 1. The van der Waals surface area contributed by atoms with Gasteiger partial charge in [0, 0.05) is 11.3 Å². The zero-order valence-electron chi connectivity index (χ0n) is 14.4. The van der Waals surface area contributed by atoms with Gasteiger partial charge in [-0.15, -0.1) is 0 Å². The monoisotopic (exact) mass is 363 g/mol. The molecule has 2 aromatic rings. The first-order valence-corrected chi connectivity index (χ1v) is 8.40. The van der Waals surface area contributed by atoms with Crippen LogP contribution >= 0.6 is 0 Å². The summed E-state index contributed by atoms with van der Waals surface area (Å²) in [6.07, 6.45) is 1.92. The summed E-state index contributed by atoms with van der Waals surface area (Å²) < 4.78 is 29.0. The number of rotatable bonds is 5. The number of carboxylic acid groups (broad SMARTS) is 1. The van der Waals surface area contributed by atoms with Gasteiger partial charge in [0.2, 0.25) is 0 Å². The van der Waals surface area contributed by atoms with Gasteiger partial charge in [0.25, 0.3) is 5.91 Å². The van der Waals surface area contributed by atoms with Gasteiger partial charge in [-0.2, -0.15) is 5.10 Å². The summed E-state index contributed by atoms with van der Waals surface area (Å²) in [5.41, 5.74) is 1.30. The van der Waals surface area contributed by atoms with E-state index in [-0.39, 0.29) is 17.3 Å². The molecule has 0 saturated carbocycles. The number of amides is 1. The normalized spacial score (nSPS) is 14.3. The predicted molar refractivity (Wildman–Crippen MR) is 89.2 cm³/mol. The van der Waals surface area contributed by atoms with Crippen molar-refractivity contribution >= 4 is 11.9 Å². The van der Waals surface area contributed by atoms with Crippen molar-refractivity contribution in [2.75, 3.05) is 0 Å². The highest BCUT2D eigenvalue weighted by Crippen LogP contribution is 2.29. The molecule has 1 amide bonds. The second-order valence-electron chi connectivity index (χ2n) is 6.65. The van der Waals surface area contributed by atoms with Crippen LogP contribution in [0.25, 0.3) is 5.69 Å². The third-order valence-electron chi connectivity index (χ3n) is 4.52. The standard InChI is InChI=1S/C18H19F2N3O3/c1-9(2)15(18(25)26)21-17(24)16-10-5-3-7-12(10)23(22-16)13-8-4-6-11(19)14(13)20/h4,6,8-9,15H,3,5,7H2,1-2H3,(H,21,24)(H,25,26)/t15-/m0/s1. The van der Waals surface area contributed by atoms with Crippen molar-refractivity contribution < 1.29 is 23.5 Å². The maximum atomic E-state index is 14.2. The highest BCUT2D eigenvalue weighted by Gasteiger charge is 2.31. The van der Waals surface area contributed by atoms with Crippen molar-refractivity contribution in [2.45, 2.75) is 39.2 Å². The van der Waals surface area contributed by atoms with E-state index in [1.54, 1.807) is 13.8 Å². The van der Waals surface area contributed by atoms with Crippen LogP contribution in [-0.4, -0.2) is 32.8 Å². The van der Waals surface area contributed by atoms with Gasteiger partial charge in [-0.1, -0.05) is 19.9 Å². The number of carbonyl (C=O) groups is 2. The molecule has 1 aliphatic rings. The highest BCUT2D eigenvalue weighted by molar-refractivity contribution is 5.96. The van der Waals surface area contributed by atoms with Gasteiger partial charge in [-0.3, -0.25) is 4.79 Å². The molecule has 2 N–H and O–H groups in total. The van der Waals surface area contributed by atoms with Crippen LogP contribution in [0, 0.1) is 17.6 Å². The van der Waals surface area contributed by atoms with Crippen LogP contribution in [0.1, 0.15) is 42.0 Å². The average Bonchev–Trinajstić information content (AvgIpc) is 3.17. The molecule has 6 nitrogen and oxygen atoms in total. The van der Waals surface area contributed by atoms with E-state index in [0.717, 1.165) is 12.5 Å². The maximum Gasteiger partial charge on any atom is 0.326 e. The quantitative estimate of drug-likeness (QED) is 0.855. The molecule has 1 aliphatic carbocycles. The first-order chi connectivity index (χ1) is 12.3. The fourth-order valence-corrected chi connectivity index (χ4v) is 3.20. The van der Waals surface area contributed by atoms with Crippen LogP contribution < -0.4 is 5.32 Å². The van der Waals surface area contributed by atoms with Crippen molar-refractivity contribution in [3.05, 3.63) is 46.8 Å². The lowest BCUT2D eigenvalue weighted by Gasteiger charge is -2.17. The Kier molecular flexibility index (Phi) is 4.76. The third-order valence-corrected chi connectivity index (χ3v) is 4.52. The second-order valence-corrected chi connectivity index (χ2v) is 6.65. The number of aromatic nitrogens is 2. The van der Waals surface area contributed by atoms with Crippen molar-refractivity contribution in [3.63, 3.8) is 0 Å². The minimum Gasteiger partial charge on any atom is -0.480 e. The third kappa shape index (κ3) is 3.07. The average molecular weight is 363 g/mol. The van der Waals surface area contributed by atoms with Gasteiger partial charge in [0.15, 0.2) is 17.3 Å². The summed E-state index contributed by atoms with van der Waals surface area (Å²) in [6.45, 7) is 3.37. The molecule has 0 radical (unpaired) electrons. The molecule has 0 saturated heterocycles. The second kappa shape index (κ2) is 6.86. The highest BCUT2D eigenvalue weighted by atomic mass is 19.2. The number of carboxylic acids is 1. The molecule has 0 unspecified atom stereocenters. The lowest BCUT2D eigenvalue weighted by molar-refractivity contribution is -0.140. The fourth-order valence-electron chi connectivity index (χ4n) is 3.20. The number of nitrogens with zero attached hydrogens (tertiary/aromatic N) is 2. The van der Waals surface area contributed by atoms with E-state index in [2.05, 4.69) is 10.4 Å². The van der Waals surface area contributed by atoms with E-state index in [1.165, 1.54) is 16.8 Å². The Morgan fingerprint density at radius 2 is 2.00 bits per heavy atom. The zero-order chi connectivity index (χ0) is 19.0. The molecule has 0 fully saturated rings. The van der Waals surface area contributed by atoms with Gasteiger partial charge in [0.1, 0.15) is 11.7 Å². The number of halogens is 2. The first kappa shape index (κ1) is 18.0. The number of carbonyl (C=O) groups excluding carboxylic acids is 1. The van der Waals surface area contributed by atoms with Gasteiger partial charge < -0.3 is 10.4 Å². The van der Waals surface area contributed by atoms with Crippen molar-refractivity contribution in [1.82, 2.24) is 15.1 Å². The molecule has 1 atom stereocenters. The Morgan fingerprint density at radius 1 is 1.27 bits per heavy atom. The number of hydrogen-bond donors (Lipinski definition) is 2. The Bertz CT molecular complexity index is 877. The molecule has 1 heterocycles. The molecule has 0 spiro atoms. The lowest BCUT2D eigenvalue weighted by atomic mass is 10.0. The summed E-state index contributed by atoms with van der Waals surface area (Å²) in [5, 5.41) is 15.9. The van der Waals surface area contributed by atoms with E-state index in [1.807, 2.05) is 0 Å². The van der Waals surface area contributed by atoms with Crippen LogP contribution in [-0.2, 0) is 17.6 Å². The summed E-state index contributed by atoms with van der Waals surface area (Å²) in [7, 11) is 0. The Labute approximate surface area is 148 Å². The molecule has 1 aromatic carbocycles. The van der Waals surface area contributed by atoms with Crippen LogP contribution in [0.5, 0.6) is 0 Å². The van der Waals surface area contributed by atoms with E-state index in [4.69, 9.17) is 0 Å². The summed E-state index contributed by atoms with van der Waals surface area (Å²) in [5.74, 6) is -4.11. The van der Waals surface area contributed by atoms with Crippen molar-refractivity contribution in [3.8, 4) is 5.69 Å². The van der Waals surface area contributed by atoms with E-state index in [9.17, 15) is 23.5 Å². The van der Waals surface area contributed by atoms with Gasteiger partial charge in [0.05, 0.1) is 0 Å². The van der Waals surface area contributed by atoms with Crippen LogP contribution in [0.3, 0.4) is 0 Å². The molecule has 8 heteroatoms. The topological polar surface area (TPSA) is 84.2 Å². The van der Waals surface area contributed by atoms with Crippen LogP contribution in [0.4, 0.5) is 8.78 Å². The lowest BCUT2D eigenvalue weighted by Crippen LogP contribution is -2.44.